The van der Waals surface area contributed by atoms with Crippen molar-refractivity contribution in [1.29, 1.82) is 0 Å². The Morgan fingerprint density at radius 1 is 1.41 bits per heavy atom. The zero-order chi connectivity index (χ0) is 12.9. The molecule has 0 spiro atoms. The van der Waals surface area contributed by atoms with Gasteiger partial charge in [0.1, 0.15) is 0 Å². The maximum atomic E-state index is 9.67. The van der Waals surface area contributed by atoms with Crippen LogP contribution < -0.4 is 5.32 Å². The van der Waals surface area contributed by atoms with Crippen molar-refractivity contribution in [3.8, 4) is 0 Å². The molecule has 0 aliphatic heterocycles. The first-order valence-electron chi connectivity index (χ1n) is 7.20. The van der Waals surface area contributed by atoms with Crippen LogP contribution in [-0.4, -0.2) is 47.3 Å². The van der Waals surface area contributed by atoms with Gasteiger partial charge >= 0.3 is 0 Å². The van der Waals surface area contributed by atoms with Gasteiger partial charge in [-0.2, -0.15) is 0 Å². The minimum atomic E-state index is -0.0109. The number of hydrogen-bond acceptors (Lipinski definition) is 3. The fourth-order valence-corrected chi connectivity index (χ4v) is 3.18. The van der Waals surface area contributed by atoms with Crippen molar-refractivity contribution in [1.82, 2.24) is 10.2 Å². The molecular weight excluding hydrogens is 212 g/mol. The fraction of sp³-hybridized carbons (Fsp3) is 1.00. The Hall–Kier alpha value is -0.120. The quantitative estimate of drug-likeness (QED) is 0.717. The molecule has 1 aliphatic rings. The molecule has 17 heavy (non-hydrogen) atoms. The van der Waals surface area contributed by atoms with Gasteiger partial charge in [-0.05, 0) is 52.6 Å². The first-order valence-corrected chi connectivity index (χ1v) is 7.20. The Morgan fingerprint density at radius 2 is 2.12 bits per heavy atom. The highest BCUT2D eigenvalue weighted by atomic mass is 16.3. The van der Waals surface area contributed by atoms with E-state index in [1.807, 2.05) is 0 Å². The molecule has 1 saturated carbocycles. The van der Waals surface area contributed by atoms with Crippen molar-refractivity contribution in [2.45, 2.75) is 71.0 Å². The lowest BCUT2D eigenvalue weighted by atomic mass is 9.98. The van der Waals surface area contributed by atoms with E-state index in [1.54, 1.807) is 0 Å². The summed E-state index contributed by atoms with van der Waals surface area (Å²) in [5.41, 5.74) is -0.0109. The molecular formula is C14H30N2O. The SMILES string of the molecule is CCCNC1(CO)CCC(N(CC)C(C)C)C1. The zero-order valence-electron chi connectivity index (χ0n) is 12.0. The molecule has 1 rings (SSSR count). The first kappa shape index (κ1) is 14.9. The predicted molar refractivity (Wildman–Crippen MR) is 73.3 cm³/mol. The van der Waals surface area contributed by atoms with Crippen molar-refractivity contribution in [2.75, 3.05) is 19.7 Å². The van der Waals surface area contributed by atoms with Gasteiger partial charge in [-0.1, -0.05) is 13.8 Å². The van der Waals surface area contributed by atoms with Crippen LogP contribution in [0.15, 0.2) is 0 Å². The van der Waals surface area contributed by atoms with Crippen molar-refractivity contribution in [3.63, 3.8) is 0 Å². The van der Waals surface area contributed by atoms with Crippen LogP contribution in [-0.2, 0) is 0 Å². The molecule has 0 amide bonds. The highest BCUT2D eigenvalue weighted by molar-refractivity contribution is 4.99. The van der Waals surface area contributed by atoms with Gasteiger partial charge in [-0.15, -0.1) is 0 Å². The Morgan fingerprint density at radius 3 is 2.59 bits per heavy atom. The lowest BCUT2D eigenvalue weighted by molar-refractivity contribution is 0.129. The van der Waals surface area contributed by atoms with Gasteiger partial charge in [0.15, 0.2) is 0 Å². The molecule has 2 atom stereocenters. The second-order valence-electron chi connectivity index (χ2n) is 5.69. The van der Waals surface area contributed by atoms with Gasteiger partial charge in [0.05, 0.1) is 6.61 Å². The molecule has 0 heterocycles. The molecule has 1 aliphatic carbocycles. The summed E-state index contributed by atoms with van der Waals surface area (Å²) in [6.07, 6.45) is 4.55. The summed E-state index contributed by atoms with van der Waals surface area (Å²) in [6, 6.07) is 1.24. The molecule has 0 aromatic carbocycles. The van der Waals surface area contributed by atoms with Gasteiger partial charge < -0.3 is 10.4 Å². The van der Waals surface area contributed by atoms with E-state index in [2.05, 4.69) is 37.9 Å². The standard InChI is InChI=1S/C14H30N2O/c1-5-9-15-14(11-17)8-7-13(10-14)16(6-2)12(3)4/h12-13,15,17H,5-11H2,1-4H3. The molecule has 0 aromatic heterocycles. The van der Waals surface area contributed by atoms with Gasteiger partial charge in [0.25, 0.3) is 0 Å². The van der Waals surface area contributed by atoms with Gasteiger partial charge in [0.2, 0.25) is 0 Å². The molecule has 3 heteroatoms. The van der Waals surface area contributed by atoms with Crippen LogP contribution in [0.5, 0.6) is 0 Å². The van der Waals surface area contributed by atoms with E-state index in [0.717, 1.165) is 32.4 Å². The molecule has 0 saturated heterocycles. The van der Waals surface area contributed by atoms with Crippen LogP contribution in [0.3, 0.4) is 0 Å². The van der Waals surface area contributed by atoms with Crippen molar-refractivity contribution >= 4 is 0 Å². The van der Waals surface area contributed by atoms with Crippen LogP contribution in [0, 0.1) is 0 Å². The number of rotatable bonds is 7. The summed E-state index contributed by atoms with van der Waals surface area (Å²) in [4.78, 5) is 2.56. The topological polar surface area (TPSA) is 35.5 Å². The van der Waals surface area contributed by atoms with Gasteiger partial charge in [-0.25, -0.2) is 0 Å². The number of hydrogen-bond donors (Lipinski definition) is 2. The molecule has 0 bridgehead atoms. The van der Waals surface area contributed by atoms with Crippen molar-refractivity contribution < 1.29 is 5.11 Å². The Labute approximate surface area is 107 Å². The Bertz CT molecular complexity index is 220. The second-order valence-corrected chi connectivity index (χ2v) is 5.69. The van der Waals surface area contributed by atoms with E-state index < -0.39 is 0 Å². The molecule has 3 nitrogen and oxygen atoms in total. The van der Waals surface area contributed by atoms with E-state index in [1.165, 1.54) is 6.42 Å². The molecule has 0 radical (unpaired) electrons. The Kier molecular flexibility index (Phi) is 5.90. The minimum absolute atomic E-state index is 0.0109. The summed E-state index contributed by atoms with van der Waals surface area (Å²) >= 11 is 0. The van der Waals surface area contributed by atoms with E-state index in [0.29, 0.717) is 12.1 Å². The van der Waals surface area contributed by atoms with E-state index >= 15 is 0 Å². The summed E-state index contributed by atoms with van der Waals surface area (Å²) in [5, 5.41) is 13.2. The maximum absolute atomic E-state index is 9.67. The first-order chi connectivity index (χ1) is 8.08. The molecule has 1 fully saturated rings. The largest absolute Gasteiger partial charge is 0.394 e. The zero-order valence-corrected chi connectivity index (χ0v) is 12.0. The van der Waals surface area contributed by atoms with E-state index in [-0.39, 0.29) is 12.1 Å². The second kappa shape index (κ2) is 6.72. The average Bonchev–Trinajstić information content (AvgIpc) is 2.72. The van der Waals surface area contributed by atoms with Crippen molar-refractivity contribution in [2.24, 2.45) is 0 Å². The van der Waals surface area contributed by atoms with Crippen molar-refractivity contribution in [3.05, 3.63) is 0 Å². The third-order valence-electron chi connectivity index (χ3n) is 4.13. The van der Waals surface area contributed by atoms with E-state index in [4.69, 9.17) is 0 Å². The van der Waals surface area contributed by atoms with Crippen LogP contribution in [0.1, 0.15) is 53.4 Å². The third kappa shape index (κ3) is 3.67. The fourth-order valence-electron chi connectivity index (χ4n) is 3.18. The smallest absolute Gasteiger partial charge is 0.0613 e. The van der Waals surface area contributed by atoms with Crippen LogP contribution in [0.2, 0.25) is 0 Å². The minimum Gasteiger partial charge on any atom is -0.394 e. The lowest BCUT2D eigenvalue weighted by Crippen LogP contribution is -2.49. The predicted octanol–water partition coefficient (Wildman–Crippen LogP) is 2.00. The highest BCUT2D eigenvalue weighted by Gasteiger charge is 2.40. The lowest BCUT2D eigenvalue weighted by Gasteiger charge is -2.34. The monoisotopic (exact) mass is 242 g/mol. The average molecular weight is 242 g/mol. The number of nitrogens with one attached hydrogen (secondary N) is 1. The summed E-state index contributed by atoms with van der Waals surface area (Å²) in [7, 11) is 0. The summed E-state index contributed by atoms with van der Waals surface area (Å²) in [6.45, 7) is 11.3. The van der Waals surface area contributed by atoms with Crippen LogP contribution >= 0.6 is 0 Å². The summed E-state index contributed by atoms with van der Waals surface area (Å²) < 4.78 is 0. The summed E-state index contributed by atoms with van der Waals surface area (Å²) in [5.74, 6) is 0. The van der Waals surface area contributed by atoms with Crippen LogP contribution in [0.4, 0.5) is 0 Å². The Balaban J connectivity index is 2.59. The highest BCUT2D eigenvalue weighted by Crippen LogP contribution is 2.33. The number of aliphatic hydroxyl groups is 1. The van der Waals surface area contributed by atoms with Crippen LogP contribution in [0.25, 0.3) is 0 Å². The number of nitrogens with zero attached hydrogens (tertiary/aromatic N) is 1. The van der Waals surface area contributed by atoms with Gasteiger partial charge in [-0.3, -0.25) is 4.90 Å². The molecule has 2 N–H and O–H groups in total. The third-order valence-corrected chi connectivity index (χ3v) is 4.13. The molecule has 2 unspecified atom stereocenters. The number of aliphatic hydroxyl groups excluding tert-OH is 1. The molecule has 0 aromatic rings. The molecule has 102 valence electrons. The maximum Gasteiger partial charge on any atom is 0.0613 e. The van der Waals surface area contributed by atoms with Gasteiger partial charge in [0, 0.05) is 17.6 Å². The van der Waals surface area contributed by atoms with E-state index in [9.17, 15) is 5.11 Å². The normalized spacial score (nSPS) is 29.5.